The fourth-order valence-electron chi connectivity index (χ4n) is 3.09. The normalized spacial score (nSPS) is 18.3. The lowest BCUT2D eigenvalue weighted by molar-refractivity contribution is -0.120. The summed E-state index contributed by atoms with van der Waals surface area (Å²) in [6.45, 7) is 2.26. The number of nitrogens with one attached hydrogen (secondary N) is 1. The molecule has 1 unspecified atom stereocenters. The topological polar surface area (TPSA) is 66.5 Å². The van der Waals surface area contributed by atoms with Gasteiger partial charge in [-0.15, -0.1) is 0 Å². The molecule has 0 aromatic heterocycles. The summed E-state index contributed by atoms with van der Waals surface area (Å²) in [7, 11) is -3.66. The molecule has 1 amide bonds. The van der Waals surface area contributed by atoms with E-state index in [0.29, 0.717) is 25.1 Å². The van der Waals surface area contributed by atoms with Crippen LogP contribution in [0.4, 0.5) is 10.1 Å². The molecule has 1 heterocycles. The van der Waals surface area contributed by atoms with Gasteiger partial charge in [0.25, 0.3) is 0 Å². The molecule has 144 valence electrons. The minimum absolute atomic E-state index is 0.110. The van der Waals surface area contributed by atoms with Gasteiger partial charge in [-0.2, -0.15) is 4.31 Å². The highest BCUT2D eigenvalue weighted by atomic mass is 79.9. The van der Waals surface area contributed by atoms with E-state index in [9.17, 15) is 17.6 Å². The van der Waals surface area contributed by atoms with Crippen molar-refractivity contribution in [3.05, 3.63) is 58.3 Å². The predicted molar refractivity (Wildman–Crippen MR) is 105 cm³/mol. The quantitative estimate of drug-likeness (QED) is 0.760. The van der Waals surface area contributed by atoms with E-state index in [1.165, 1.54) is 16.4 Å². The van der Waals surface area contributed by atoms with Crippen LogP contribution in [0.2, 0.25) is 0 Å². The van der Waals surface area contributed by atoms with Gasteiger partial charge in [0.15, 0.2) is 0 Å². The van der Waals surface area contributed by atoms with Crippen LogP contribution in [-0.4, -0.2) is 31.7 Å². The summed E-state index contributed by atoms with van der Waals surface area (Å²) in [5, 5.41) is 2.73. The molecule has 1 N–H and O–H groups in total. The monoisotopic (exact) mass is 454 g/mol. The number of hydrogen-bond acceptors (Lipinski definition) is 3. The summed E-state index contributed by atoms with van der Waals surface area (Å²) >= 11 is 3.29. The lowest BCUT2D eigenvalue weighted by Gasteiger charge is -2.31. The van der Waals surface area contributed by atoms with Crippen molar-refractivity contribution in [2.75, 3.05) is 18.4 Å². The Bertz CT molecular complexity index is 948. The number of carbonyl (C=O) groups excluding carboxylic acids is 1. The molecule has 0 saturated carbocycles. The van der Waals surface area contributed by atoms with Gasteiger partial charge in [0.1, 0.15) is 5.82 Å². The first-order valence-corrected chi connectivity index (χ1v) is 10.8. The molecule has 8 heteroatoms. The first-order chi connectivity index (χ1) is 12.8. The van der Waals surface area contributed by atoms with Gasteiger partial charge in [0, 0.05) is 23.2 Å². The second-order valence-electron chi connectivity index (χ2n) is 6.60. The SMILES string of the molecule is Cc1ccc(F)cc1NC(=O)C1CCCN(S(=O)(=O)c2ccc(Br)cc2)C1. The van der Waals surface area contributed by atoms with Gasteiger partial charge in [-0.25, -0.2) is 12.8 Å². The molecule has 1 atom stereocenters. The fourth-order valence-corrected chi connectivity index (χ4v) is 4.88. The maximum Gasteiger partial charge on any atom is 0.243 e. The minimum atomic E-state index is -3.66. The number of amides is 1. The first-order valence-electron chi connectivity index (χ1n) is 8.60. The lowest BCUT2D eigenvalue weighted by atomic mass is 9.98. The van der Waals surface area contributed by atoms with Crippen LogP contribution < -0.4 is 5.32 Å². The molecule has 5 nitrogen and oxygen atoms in total. The van der Waals surface area contributed by atoms with Crippen LogP contribution in [0, 0.1) is 18.7 Å². The Hall–Kier alpha value is -1.77. The predicted octanol–water partition coefficient (Wildman–Crippen LogP) is 3.94. The molecule has 0 spiro atoms. The highest BCUT2D eigenvalue weighted by Gasteiger charge is 2.33. The molecule has 1 fully saturated rings. The van der Waals surface area contributed by atoms with Crippen molar-refractivity contribution < 1.29 is 17.6 Å². The van der Waals surface area contributed by atoms with Gasteiger partial charge < -0.3 is 5.32 Å². The number of halogens is 2. The largest absolute Gasteiger partial charge is 0.325 e. The van der Waals surface area contributed by atoms with E-state index in [-0.39, 0.29) is 17.3 Å². The number of benzene rings is 2. The van der Waals surface area contributed by atoms with E-state index in [0.717, 1.165) is 10.0 Å². The van der Waals surface area contributed by atoms with E-state index in [2.05, 4.69) is 21.2 Å². The van der Waals surface area contributed by atoms with Crippen molar-refractivity contribution in [1.82, 2.24) is 4.31 Å². The second-order valence-corrected chi connectivity index (χ2v) is 9.46. The Balaban J connectivity index is 1.74. The average Bonchev–Trinajstić information content (AvgIpc) is 2.65. The summed E-state index contributed by atoms with van der Waals surface area (Å²) in [6, 6.07) is 10.6. The minimum Gasteiger partial charge on any atom is -0.325 e. The molecule has 0 aliphatic carbocycles. The van der Waals surface area contributed by atoms with Crippen LogP contribution in [0.15, 0.2) is 51.8 Å². The van der Waals surface area contributed by atoms with Crippen LogP contribution in [0.25, 0.3) is 0 Å². The summed E-state index contributed by atoms with van der Waals surface area (Å²) < 4.78 is 41.3. The molecular weight excluding hydrogens is 435 g/mol. The number of anilines is 1. The van der Waals surface area contributed by atoms with Crippen molar-refractivity contribution >= 4 is 37.5 Å². The van der Waals surface area contributed by atoms with Crippen LogP contribution in [-0.2, 0) is 14.8 Å². The fraction of sp³-hybridized carbons (Fsp3) is 0.316. The van der Waals surface area contributed by atoms with Crippen LogP contribution >= 0.6 is 15.9 Å². The van der Waals surface area contributed by atoms with Crippen LogP contribution in [0.5, 0.6) is 0 Å². The molecule has 3 rings (SSSR count). The van der Waals surface area contributed by atoms with Crippen molar-refractivity contribution in [3.63, 3.8) is 0 Å². The van der Waals surface area contributed by atoms with Crippen molar-refractivity contribution in [3.8, 4) is 0 Å². The third kappa shape index (κ3) is 4.56. The Morgan fingerprint density at radius 3 is 2.63 bits per heavy atom. The Kier molecular flexibility index (Phi) is 5.98. The smallest absolute Gasteiger partial charge is 0.243 e. The Labute approximate surface area is 166 Å². The van der Waals surface area contributed by atoms with Gasteiger partial charge in [0.05, 0.1) is 10.8 Å². The van der Waals surface area contributed by atoms with Crippen LogP contribution in [0.3, 0.4) is 0 Å². The van der Waals surface area contributed by atoms with Crippen molar-refractivity contribution in [2.45, 2.75) is 24.7 Å². The second kappa shape index (κ2) is 8.08. The third-order valence-corrected chi connectivity index (χ3v) is 7.07. The van der Waals surface area contributed by atoms with E-state index < -0.39 is 21.8 Å². The van der Waals surface area contributed by atoms with Gasteiger partial charge in [-0.1, -0.05) is 22.0 Å². The van der Waals surface area contributed by atoms with Gasteiger partial charge in [-0.3, -0.25) is 4.79 Å². The van der Waals surface area contributed by atoms with E-state index in [1.54, 1.807) is 37.3 Å². The highest BCUT2D eigenvalue weighted by molar-refractivity contribution is 9.10. The number of sulfonamides is 1. The highest BCUT2D eigenvalue weighted by Crippen LogP contribution is 2.26. The molecule has 0 bridgehead atoms. The molecule has 0 radical (unpaired) electrons. The number of nitrogens with zero attached hydrogens (tertiary/aromatic N) is 1. The number of piperidine rings is 1. The van der Waals surface area contributed by atoms with Crippen molar-refractivity contribution in [1.29, 1.82) is 0 Å². The maximum absolute atomic E-state index is 13.4. The molecule has 2 aromatic rings. The molecule has 27 heavy (non-hydrogen) atoms. The zero-order chi connectivity index (χ0) is 19.6. The van der Waals surface area contributed by atoms with E-state index in [1.807, 2.05) is 0 Å². The number of carbonyl (C=O) groups is 1. The summed E-state index contributed by atoms with van der Waals surface area (Å²) in [4.78, 5) is 12.8. The molecule has 1 aliphatic heterocycles. The number of aryl methyl sites for hydroxylation is 1. The zero-order valence-corrected chi connectivity index (χ0v) is 17.2. The lowest BCUT2D eigenvalue weighted by Crippen LogP contribution is -2.43. The van der Waals surface area contributed by atoms with E-state index in [4.69, 9.17) is 0 Å². The Morgan fingerprint density at radius 1 is 1.22 bits per heavy atom. The number of hydrogen-bond donors (Lipinski definition) is 1. The average molecular weight is 455 g/mol. The molecule has 2 aromatic carbocycles. The molecule has 1 saturated heterocycles. The summed E-state index contributed by atoms with van der Waals surface area (Å²) in [5.41, 5.74) is 1.16. The maximum atomic E-state index is 13.4. The van der Waals surface area contributed by atoms with Crippen molar-refractivity contribution in [2.24, 2.45) is 5.92 Å². The molecular formula is C19H20BrFN2O3S. The third-order valence-electron chi connectivity index (χ3n) is 4.66. The standard InChI is InChI=1S/C19H20BrFN2O3S/c1-13-4-7-16(21)11-18(13)22-19(24)14-3-2-10-23(12-14)27(25,26)17-8-5-15(20)6-9-17/h4-9,11,14H,2-3,10,12H2,1H3,(H,22,24). The zero-order valence-electron chi connectivity index (χ0n) is 14.8. The van der Waals surface area contributed by atoms with E-state index >= 15 is 0 Å². The summed E-state index contributed by atoms with van der Waals surface area (Å²) in [5.74, 6) is -1.20. The molecule has 1 aliphatic rings. The van der Waals surface area contributed by atoms with Gasteiger partial charge in [0.2, 0.25) is 15.9 Å². The number of rotatable bonds is 4. The van der Waals surface area contributed by atoms with Gasteiger partial charge >= 0.3 is 0 Å². The van der Waals surface area contributed by atoms with Crippen LogP contribution in [0.1, 0.15) is 18.4 Å². The first kappa shape index (κ1) is 20.0. The summed E-state index contributed by atoms with van der Waals surface area (Å²) in [6.07, 6.45) is 1.18. The Morgan fingerprint density at radius 2 is 1.93 bits per heavy atom. The van der Waals surface area contributed by atoms with Gasteiger partial charge in [-0.05, 0) is 61.7 Å².